The van der Waals surface area contributed by atoms with E-state index >= 15 is 0 Å². The molecule has 0 fully saturated rings. The van der Waals surface area contributed by atoms with Crippen molar-refractivity contribution in [2.45, 2.75) is 26.2 Å². The lowest BCUT2D eigenvalue weighted by atomic mass is 10.0. The highest BCUT2D eigenvalue weighted by Gasteiger charge is 2.12. The fourth-order valence-electron chi connectivity index (χ4n) is 1.86. The van der Waals surface area contributed by atoms with E-state index in [4.69, 9.17) is 0 Å². The van der Waals surface area contributed by atoms with Gasteiger partial charge in [0.25, 0.3) is 0 Å². The highest BCUT2D eigenvalue weighted by molar-refractivity contribution is 5.78. The number of benzene rings is 1. The first-order valence-electron chi connectivity index (χ1n) is 6.80. The van der Waals surface area contributed by atoms with Gasteiger partial charge in [0.05, 0.1) is 0 Å². The van der Waals surface area contributed by atoms with Crippen LogP contribution in [0.2, 0.25) is 0 Å². The van der Waals surface area contributed by atoms with Gasteiger partial charge in [0.15, 0.2) is 0 Å². The van der Waals surface area contributed by atoms with Crippen molar-refractivity contribution >= 4 is 5.91 Å². The molecule has 0 saturated carbocycles. The quantitative estimate of drug-likeness (QED) is 0.708. The van der Waals surface area contributed by atoms with Gasteiger partial charge in [-0.05, 0) is 50.6 Å². The van der Waals surface area contributed by atoms with Crippen molar-refractivity contribution in [3.8, 4) is 0 Å². The van der Waals surface area contributed by atoms with E-state index in [2.05, 4.69) is 10.6 Å². The summed E-state index contributed by atoms with van der Waals surface area (Å²) in [6, 6.07) is 6.55. The average molecular weight is 266 g/mol. The van der Waals surface area contributed by atoms with Gasteiger partial charge in [0, 0.05) is 12.5 Å². The van der Waals surface area contributed by atoms with E-state index in [0.717, 1.165) is 31.4 Å². The standard InChI is InChI=1S/C15H23FN2O/c1-12(15(19)18-10-4-9-17-2)7-8-13-5-3-6-14(16)11-13/h3,5-6,11-12,17H,4,7-10H2,1-2H3,(H,18,19). The Labute approximate surface area is 114 Å². The molecule has 1 aromatic rings. The molecule has 106 valence electrons. The molecule has 0 aromatic heterocycles. The van der Waals surface area contributed by atoms with Crippen molar-refractivity contribution in [3.05, 3.63) is 35.6 Å². The summed E-state index contributed by atoms with van der Waals surface area (Å²) in [6.45, 7) is 3.51. The molecule has 1 rings (SSSR count). The Hall–Kier alpha value is -1.42. The largest absolute Gasteiger partial charge is 0.356 e. The lowest BCUT2D eigenvalue weighted by molar-refractivity contribution is -0.124. The number of halogens is 1. The molecule has 1 atom stereocenters. The van der Waals surface area contributed by atoms with Crippen molar-refractivity contribution in [3.63, 3.8) is 0 Å². The molecule has 19 heavy (non-hydrogen) atoms. The molecule has 0 aliphatic rings. The van der Waals surface area contributed by atoms with Crippen LogP contribution in [0, 0.1) is 11.7 Å². The molecule has 0 heterocycles. The number of hydrogen-bond donors (Lipinski definition) is 2. The zero-order valence-corrected chi connectivity index (χ0v) is 11.7. The second-order valence-electron chi connectivity index (χ2n) is 4.82. The maximum absolute atomic E-state index is 13.0. The van der Waals surface area contributed by atoms with E-state index in [9.17, 15) is 9.18 Å². The SMILES string of the molecule is CNCCCNC(=O)C(C)CCc1cccc(F)c1. The Morgan fingerprint density at radius 2 is 2.16 bits per heavy atom. The van der Waals surface area contributed by atoms with Gasteiger partial charge in [0.1, 0.15) is 5.82 Å². The van der Waals surface area contributed by atoms with Crippen molar-refractivity contribution in [1.82, 2.24) is 10.6 Å². The fraction of sp³-hybridized carbons (Fsp3) is 0.533. The van der Waals surface area contributed by atoms with E-state index in [1.165, 1.54) is 12.1 Å². The van der Waals surface area contributed by atoms with Gasteiger partial charge in [-0.3, -0.25) is 4.79 Å². The molecule has 1 unspecified atom stereocenters. The van der Waals surface area contributed by atoms with E-state index in [1.54, 1.807) is 6.07 Å². The Balaban J connectivity index is 2.26. The summed E-state index contributed by atoms with van der Waals surface area (Å²) in [6.07, 6.45) is 2.39. The predicted molar refractivity (Wildman–Crippen MR) is 75.4 cm³/mol. The molecule has 1 amide bonds. The van der Waals surface area contributed by atoms with E-state index in [-0.39, 0.29) is 17.6 Å². The van der Waals surface area contributed by atoms with Crippen LogP contribution >= 0.6 is 0 Å². The van der Waals surface area contributed by atoms with Crippen molar-refractivity contribution in [1.29, 1.82) is 0 Å². The Morgan fingerprint density at radius 1 is 1.37 bits per heavy atom. The Bertz CT molecular complexity index is 395. The molecule has 1 aromatic carbocycles. The first kappa shape index (κ1) is 15.6. The average Bonchev–Trinajstić information content (AvgIpc) is 2.41. The fourth-order valence-corrected chi connectivity index (χ4v) is 1.86. The lowest BCUT2D eigenvalue weighted by Crippen LogP contribution is -2.31. The van der Waals surface area contributed by atoms with Gasteiger partial charge in [-0.25, -0.2) is 4.39 Å². The molecule has 4 heteroatoms. The minimum Gasteiger partial charge on any atom is -0.356 e. The molecule has 3 nitrogen and oxygen atoms in total. The number of carbonyl (C=O) groups excluding carboxylic acids is 1. The smallest absolute Gasteiger partial charge is 0.222 e. The monoisotopic (exact) mass is 266 g/mol. The zero-order chi connectivity index (χ0) is 14.1. The highest BCUT2D eigenvalue weighted by atomic mass is 19.1. The Morgan fingerprint density at radius 3 is 2.84 bits per heavy atom. The van der Waals surface area contributed by atoms with Gasteiger partial charge in [-0.15, -0.1) is 0 Å². The number of carbonyl (C=O) groups is 1. The molecule has 0 aliphatic heterocycles. The zero-order valence-electron chi connectivity index (χ0n) is 11.7. The molecule has 2 N–H and O–H groups in total. The van der Waals surface area contributed by atoms with Crippen molar-refractivity contribution in [2.24, 2.45) is 5.92 Å². The summed E-state index contributed by atoms with van der Waals surface area (Å²) in [5, 5.41) is 5.95. The minimum absolute atomic E-state index is 0.0437. The van der Waals surface area contributed by atoms with Crippen molar-refractivity contribution < 1.29 is 9.18 Å². The van der Waals surface area contributed by atoms with Gasteiger partial charge >= 0.3 is 0 Å². The van der Waals surface area contributed by atoms with Gasteiger partial charge < -0.3 is 10.6 Å². The third-order valence-electron chi connectivity index (χ3n) is 3.11. The van der Waals surface area contributed by atoms with Crippen LogP contribution < -0.4 is 10.6 Å². The number of hydrogen-bond acceptors (Lipinski definition) is 2. The second-order valence-corrected chi connectivity index (χ2v) is 4.82. The normalized spacial score (nSPS) is 12.2. The van der Waals surface area contributed by atoms with Crippen molar-refractivity contribution in [2.75, 3.05) is 20.1 Å². The number of aryl methyl sites for hydroxylation is 1. The van der Waals surface area contributed by atoms with Gasteiger partial charge in [-0.2, -0.15) is 0 Å². The van der Waals surface area contributed by atoms with E-state index in [0.29, 0.717) is 6.54 Å². The summed E-state index contributed by atoms with van der Waals surface area (Å²) in [5.41, 5.74) is 0.940. The molecular formula is C15H23FN2O. The van der Waals surface area contributed by atoms with Crippen LogP contribution in [0.1, 0.15) is 25.3 Å². The van der Waals surface area contributed by atoms with Gasteiger partial charge in [-0.1, -0.05) is 19.1 Å². The first-order valence-corrected chi connectivity index (χ1v) is 6.80. The molecular weight excluding hydrogens is 243 g/mol. The molecule has 0 spiro atoms. The lowest BCUT2D eigenvalue weighted by Gasteiger charge is -2.12. The summed E-state index contributed by atoms with van der Waals surface area (Å²) in [7, 11) is 1.89. The highest BCUT2D eigenvalue weighted by Crippen LogP contribution is 2.11. The third-order valence-corrected chi connectivity index (χ3v) is 3.11. The third kappa shape index (κ3) is 6.34. The van der Waals surface area contributed by atoms with E-state index in [1.807, 2.05) is 20.0 Å². The first-order chi connectivity index (χ1) is 9.13. The van der Waals surface area contributed by atoms with Crippen LogP contribution in [0.3, 0.4) is 0 Å². The minimum atomic E-state index is -0.221. The summed E-state index contributed by atoms with van der Waals surface area (Å²) < 4.78 is 13.0. The van der Waals surface area contributed by atoms with Crippen LogP contribution in [-0.2, 0) is 11.2 Å². The summed E-state index contributed by atoms with van der Waals surface area (Å²) >= 11 is 0. The Kier molecular flexibility index (Phi) is 7.11. The van der Waals surface area contributed by atoms with Gasteiger partial charge in [0.2, 0.25) is 5.91 Å². The van der Waals surface area contributed by atoms with Crippen LogP contribution in [0.4, 0.5) is 4.39 Å². The summed E-state index contributed by atoms with van der Waals surface area (Å²) in [5.74, 6) is -0.188. The maximum Gasteiger partial charge on any atom is 0.222 e. The van der Waals surface area contributed by atoms with Crippen LogP contribution in [0.5, 0.6) is 0 Å². The topological polar surface area (TPSA) is 41.1 Å². The van der Waals surface area contributed by atoms with Crippen LogP contribution in [0.15, 0.2) is 24.3 Å². The van der Waals surface area contributed by atoms with Crippen LogP contribution in [-0.4, -0.2) is 26.0 Å². The maximum atomic E-state index is 13.0. The number of nitrogens with one attached hydrogen (secondary N) is 2. The number of rotatable bonds is 8. The molecule has 0 bridgehead atoms. The molecule has 0 saturated heterocycles. The second kappa shape index (κ2) is 8.64. The summed E-state index contributed by atoms with van der Waals surface area (Å²) in [4.78, 5) is 11.8. The van der Waals surface area contributed by atoms with Crippen LogP contribution in [0.25, 0.3) is 0 Å². The predicted octanol–water partition coefficient (Wildman–Crippen LogP) is 2.12. The molecule has 0 radical (unpaired) electrons. The number of amides is 1. The molecule has 0 aliphatic carbocycles. The van der Waals surface area contributed by atoms with E-state index < -0.39 is 0 Å².